The van der Waals surface area contributed by atoms with Gasteiger partial charge in [0.1, 0.15) is 22.8 Å². The summed E-state index contributed by atoms with van der Waals surface area (Å²) in [5.41, 5.74) is 12.3. The first-order chi connectivity index (χ1) is 33.9. The summed E-state index contributed by atoms with van der Waals surface area (Å²) in [5.74, 6) is -5.17. The number of anilines is 4. The molecule has 0 fully saturated rings. The van der Waals surface area contributed by atoms with E-state index in [1.165, 1.54) is 68.5 Å². The molecule has 0 radical (unpaired) electrons. The normalized spacial score (nSPS) is 11.3. The highest BCUT2D eigenvalue weighted by atomic mass is 32.1. The molecule has 386 valence electrons. The minimum absolute atomic E-state index is 0.0385. The Hall–Kier alpha value is -7.28. The van der Waals surface area contributed by atoms with Gasteiger partial charge in [0, 0.05) is 60.5 Å². The first kappa shape index (κ1) is 55.6. The average molecular weight is 1030 g/mol. The van der Waals surface area contributed by atoms with E-state index in [9.17, 15) is 38.4 Å². The molecule has 10 N–H and O–H groups in total. The molecule has 0 aliphatic carbocycles. The Morgan fingerprint density at radius 2 is 1.04 bits per heavy atom. The van der Waals surface area contributed by atoms with Crippen LogP contribution in [0.3, 0.4) is 0 Å². The third-order valence-corrected chi connectivity index (χ3v) is 13.5. The molecule has 4 aromatic heterocycles. The highest BCUT2D eigenvalue weighted by molar-refractivity contribution is 7.16. The highest BCUT2D eigenvalue weighted by Crippen LogP contribution is 2.32. The average Bonchev–Trinajstić information content (AvgIpc) is 4.08. The summed E-state index contributed by atoms with van der Waals surface area (Å²) in [5, 5.41) is 17.1. The van der Waals surface area contributed by atoms with Crippen LogP contribution in [-0.4, -0.2) is 131 Å². The maximum Gasteiger partial charge on any atom is 0.274 e. The molecule has 0 saturated heterocycles. The van der Waals surface area contributed by atoms with Gasteiger partial charge in [-0.05, 0) is 95.3 Å². The maximum atomic E-state index is 13.6. The fourth-order valence-corrected chi connectivity index (χ4v) is 9.51. The third-order valence-electron chi connectivity index (χ3n) is 11.0. The number of primary amides is 2. The number of rotatable bonds is 24. The molecule has 0 spiro atoms. The molecule has 0 aliphatic rings. The Morgan fingerprint density at radius 3 is 1.43 bits per heavy atom. The van der Waals surface area contributed by atoms with Crippen LogP contribution in [0.1, 0.15) is 136 Å². The SMILES string of the molecule is CC(C)c1sc(NC(=O)c2cc(NC(=O)Cc3ccc(C(N)=O)c(CC(=O)Nc4cc(C(=O)Nc5nc(C(=O)NCCCN(C)C)c(C(C)C)s5)n(C)c4)c3C(N)=O)cn2C)nc1C(=O)NCCCN(C)C. The first-order valence-electron chi connectivity index (χ1n) is 23.1. The van der Waals surface area contributed by atoms with Crippen molar-refractivity contribution in [2.45, 2.75) is 65.2 Å². The highest BCUT2D eigenvalue weighted by Gasteiger charge is 2.27. The zero-order valence-electron chi connectivity index (χ0n) is 42.2. The number of carbonyl (C=O) groups is 8. The molecule has 5 rings (SSSR count). The first-order valence-corrected chi connectivity index (χ1v) is 24.7. The summed E-state index contributed by atoms with van der Waals surface area (Å²) in [6.07, 6.45) is 3.49. The lowest BCUT2D eigenvalue weighted by molar-refractivity contribution is -0.116. The van der Waals surface area contributed by atoms with Crippen molar-refractivity contribution in [1.29, 1.82) is 0 Å². The van der Waals surface area contributed by atoms with Crippen molar-refractivity contribution >= 4 is 91.6 Å². The fraction of sp³-hybridized carbons (Fsp3) is 0.417. The third kappa shape index (κ3) is 14.6. The summed E-state index contributed by atoms with van der Waals surface area (Å²) >= 11 is 2.38. The Balaban J connectivity index is 1.26. The van der Waals surface area contributed by atoms with E-state index in [-0.39, 0.29) is 90.3 Å². The van der Waals surface area contributed by atoms with Gasteiger partial charge >= 0.3 is 0 Å². The molecule has 0 saturated carbocycles. The van der Waals surface area contributed by atoms with E-state index < -0.39 is 48.3 Å². The van der Waals surface area contributed by atoms with Crippen molar-refractivity contribution in [2.75, 3.05) is 75.6 Å². The molecule has 0 atom stereocenters. The van der Waals surface area contributed by atoms with E-state index in [0.29, 0.717) is 22.8 Å². The zero-order valence-corrected chi connectivity index (χ0v) is 43.8. The number of hydrogen-bond acceptors (Lipinski definition) is 14. The van der Waals surface area contributed by atoms with Crippen molar-refractivity contribution in [3.05, 3.63) is 91.4 Å². The summed E-state index contributed by atoms with van der Waals surface area (Å²) in [7, 11) is 11.0. The monoisotopic (exact) mass is 1030 g/mol. The fourth-order valence-electron chi connectivity index (χ4n) is 7.59. The second-order valence-electron chi connectivity index (χ2n) is 18.3. The van der Waals surface area contributed by atoms with Gasteiger partial charge in [-0.15, -0.1) is 22.7 Å². The number of aromatic nitrogens is 4. The van der Waals surface area contributed by atoms with Crippen LogP contribution in [0.25, 0.3) is 0 Å². The molecular weight excluding hydrogens is 965 g/mol. The quantitative estimate of drug-likeness (QED) is 0.0408. The number of thiazole rings is 2. The van der Waals surface area contributed by atoms with Crippen molar-refractivity contribution < 1.29 is 38.4 Å². The predicted octanol–water partition coefficient (Wildman–Crippen LogP) is 3.95. The Morgan fingerprint density at radius 1 is 0.611 bits per heavy atom. The van der Waals surface area contributed by atoms with Gasteiger partial charge < -0.3 is 51.7 Å². The molecule has 4 heterocycles. The lowest BCUT2D eigenvalue weighted by Gasteiger charge is -2.15. The van der Waals surface area contributed by atoms with Gasteiger partial charge in [0.2, 0.25) is 23.6 Å². The molecule has 72 heavy (non-hydrogen) atoms. The standard InChI is InChI=1S/C48H64N14O8S2/c1-25(2)39-37(45(69)51-15-11-17-59(5)6)55-47(71-39)57-43(67)32-20-28(23-61(32)9)53-34(63)19-27-13-14-30(41(49)65)31(36(27)42(50)66)22-35(64)54-29-21-33(62(10)24-29)44(68)58-48-56-38(40(72-48)26(3)4)46(70)52-16-12-18-60(7)8/h13-14,20-21,23-26H,11-12,15-19,22H2,1-10H3,(H2,49,65)(H2,50,66)(H,51,69)(H,52,70)(H,53,63)(H,54,64)(H,55,57,67)(H,56,58,68). The number of carbonyl (C=O) groups excluding carboxylic acids is 8. The summed E-state index contributed by atoms with van der Waals surface area (Å²) in [6.45, 7) is 10.2. The van der Waals surface area contributed by atoms with Gasteiger partial charge in [0.25, 0.3) is 23.6 Å². The number of aryl methyl sites for hydroxylation is 2. The minimum atomic E-state index is -1.03. The van der Waals surface area contributed by atoms with Crippen LogP contribution >= 0.6 is 22.7 Å². The molecule has 0 unspecified atom stereocenters. The van der Waals surface area contributed by atoms with Gasteiger partial charge in [0.05, 0.1) is 24.2 Å². The van der Waals surface area contributed by atoms with E-state index in [1.807, 2.05) is 65.7 Å². The van der Waals surface area contributed by atoms with Crippen LogP contribution in [0.15, 0.2) is 36.7 Å². The lowest BCUT2D eigenvalue weighted by atomic mass is 9.91. The van der Waals surface area contributed by atoms with Crippen LogP contribution in [0.5, 0.6) is 0 Å². The van der Waals surface area contributed by atoms with E-state index in [4.69, 9.17) is 11.5 Å². The van der Waals surface area contributed by atoms with Gasteiger partial charge in [-0.2, -0.15) is 0 Å². The van der Waals surface area contributed by atoms with E-state index >= 15 is 0 Å². The largest absolute Gasteiger partial charge is 0.366 e. The van der Waals surface area contributed by atoms with Gasteiger partial charge in [-0.3, -0.25) is 49.0 Å². The Labute approximate surface area is 425 Å². The number of nitrogens with zero attached hydrogens (tertiary/aromatic N) is 6. The summed E-state index contributed by atoms with van der Waals surface area (Å²) in [4.78, 5) is 120. The topological polar surface area (TPSA) is 303 Å². The predicted molar refractivity (Wildman–Crippen MR) is 278 cm³/mol. The number of amides is 8. The molecule has 22 nitrogen and oxygen atoms in total. The van der Waals surface area contributed by atoms with Crippen molar-refractivity contribution in [2.24, 2.45) is 25.6 Å². The number of benzene rings is 1. The van der Waals surface area contributed by atoms with Crippen LogP contribution in [0, 0.1) is 0 Å². The van der Waals surface area contributed by atoms with Crippen LogP contribution in [0.4, 0.5) is 21.6 Å². The Bertz CT molecular complexity index is 2860. The zero-order chi connectivity index (χ0) is 53.1. The van der Waals surface area contributed by atoms with Gasteiger partial charge in [-0.25, -0.2) is 9.97 Å². The number of nitrogens with two attached hydrogens (primary N) is 2. The van der Waals surface area contributed by atoms with Crippen LogP contribution < -0.4 is 43.4 Å². The molecule has 0 aliphatic heterocycles. The van der Waals surface area contributed by atoms with Crippen molar-refractivity contribution in [1.82, 2.24) is 39.5 Å². The lowest BCUT2D eigenvalue weighted by Crippen LogP contribution is -2.28. The molecular formula is C48H64N14O8S2. The van der Waals surface area contributed by atoms with E-state index in [0.717, 1.165) is 25.9 Å². The molecule has 0 bridgehead atoms. The molecule has 5 aromatic rings. The van der Waals surface area contributed by atoms with E-state index in [1.54, 1.807) is 14.1 Å². The molecule has 24 heteroatoms. The minimum Gasteiger partial charge on any atom is -0.366 e. The molecule has 8 amide bonds. The summed E-state index contributed by atoms with van der Waals surface area (Å²) < 4.78 is 2.97. The van der Waals surface area contributed by atoms with E-state index in [2.05, 4.69) is 41.9 Å². The maximum absolute atomic E-state index is 13.6. The summed E-state index contributed by atoms with van der Waals surface area (Å²) in [6, 6.07) is 5.50. The molecule has 1 aromatic carbocycles. The Kier molecular flexibility index (Phi) is 19.1. The number of hydrogen-bond donors (Lipinski definition) is 8. The van der Waals surface area contributed by atoms with Crippen molar-refractivity contribution in [3.8, 4) is 0 Å². The van der Waals surface area contributed by atoms with Crippen molar-refractivity contribution in [3.63, 3.8) is 0 Å². The number of nitrogens with one attached hydrogen (secondary N) is 6. The van der Waals surface area contributed by atoms with Crippen LogP contribution in [-0.2, 0) is 36.5 Å². The second-order valence-corrected chi connectivity index (χ2v) is 20.3. The van der Waals surface area contributed by atoms with Gasteiger partial charge in [0.15, 0.2) is 10.3 Å². The van der Waals surface area contributed by atoms with Gasteiger partial charge in [-0.1, -0.05) is 33.8 Å². The second kappa shape index (κ2) is 24.7. The van der Waals surface area contributed by atoms with Crippen LogP contribution in [0.2, 0.25) is 0 Å². The smallest absolute Gasteiger partial charge is 0.274 e.